The van der Waals surface area contributed by atoms with Gasteiger partial charge in [-0.2, -0.15) is 0 Å². The summed E-state index contributed by atoms with van der Waals surface area (Å²) in [5.41, 5.74) is 16.5. The van der Waals surface area contributed by atoms with Crippen LogP contribution in [-0.4, -0.2) is 0 Å². The Balaban J connectivity index is 1.12. The van der Waals surface area contributed by atoms with E-state index in [0.717, 1.165) is 25.7 Å². The lowest BCUT2D eigenvalue weighted by Gasteiger charge is -2.34. The fourth-order valence-corrected chi connectivity index (χ4v) is 23.2. The molecular formula is C68H70Br2S6. The quantitative estimate of drug-likeness (QED) is 0.0529. The SMILES string of the molecule is CCCCCCc1ccc(C2(c3ccc(CCCCCC)cc3)c3c(sc4cc(Br)sc34)-c3sc4c5c(sc4c32)-c2sc3cc(Br)sc3c2C5(c2ccc(CCCCCC)cc2)c2ccc(CCCCCC)cc2)cc1. The molecule has 0 saturated heterocycles. The summed E-state index contributed by atoms with van der Waals surface area (Å²) >= 11 is 20.2. The Morgan fingerprint density at radius 3 is 0.842 bits per heavy atom. The number of rotatable bonds is 24. The first-order valence-electron chi connectivity index (χ1n) is 28.8. The van der Waals surface area contributed by atoms with Crippen LogP contribution in [0.15, 0.2) is 117 Å². The second-order valence-corrected chi connectivity index (χ2v) is 30.9. The van der Waals surface area contributed by atoms with Crippen LogP contribution in [0.2, 0.25) is 0 Å². The number of halogens is 2. The van der Waals surface area contributed by atoms with Crippen molar-refractivity contribution < 1.29 is 0 Å². The largest absolute Gasteiger partial charge is 0.133 e. The minimum absolute atomic E-state index is 0.490. The van der Waals surface area contributed by atoms with Gasteiger partial charge in [-0.3, -0.25) is 0 Å². The molecule has 10 aromatic rings. The van der Waals surface area contributed by atoms with E-state index in [1.807, 2.05) is 45.3 Å². The molecule has 0 nitrogen and oxygen atoms in total. The maximum Gasteiger partial charge on any atom is 0.0759 e. The molecule has 76 heavy (non-hydrogen) atoms. The maximum absolute atomic E-state index is 4.01. The van der Waals surface area contributed by atoms with Gasteiger partial charge >= 0.3 is 0 Å². The Morgan fingerprint density at radius 2 is 0.566 bits per heavy atom. The van der Waals surface area contributed by atoms with Gasteiger partial charge in [-0.05, 0) is 140 Å². The zero-order valence-corrected chi connectivity index (χ0v) is 52.8. The summed E-state index contributed by atoms with van der Waals surface area (Å²) in [4.78, 5) is 5.91. The summed E-state index contributed by atoms with van der Waals surface area (Å²) in [6.07, 6.45) is 25.0. The van der Waals surface area contributed by atoms with Crippen molar-refractivity contribution in [3.63, 3.8) is 0 Å². The minimum Gasteiger partial charge on any atom is -0.133 e. The third-order valence-electron chi connectivity index (χ3n) is 16.9. The van der Waals surface area contributed by atoms with Crippen LogP contribution >= 0.6 is 99.9 Å². The molecule has 0 amide bonds. The number of aryl methyl sites for hydroxylation is 4. The van der Waals surface area contributed by atoms with Gasteiger partial charge in [-0.1, -0.05) is 202 Å². The van der Waals surface area contributed by atoms with Crippen molar-refractivity contribution in [3.8, 4) is 19.5 Å². The van der Waals surface area contributed by atoms with E-state index in [0.29, 0.717) is 0 Å². The highest BCUT2D eigenvalue weighted by Crippen LogP contribution is 2.72. The third kappa shape index (κ3) is 9.29. The van der Waals surface area contributed by atoms with Crippen molar-refractivity contribution in [1.29, 1.82) is 0 Å². The molecule has 6 aromatic heterocycles. The molecule has 12 rings (SSSR count). The Labute approximate surface area is 493 Å². The fourth-order valence-electron chi connectivity index (χ4n) is 13.1. The van der Waals surface area contributed by atoms with Gasteiger partial charge in [0.15, 0.2) is 0 Å². The Kier molecular flexibility index (Phi) is 16.3. The van der Waals surface area contributed by atoms with E-state index in [1.165, 1.54) is 225 Å². The van der Waals surface area contributed by atoms with Crippen molar-refractivity contribution in [1.82, 2.24) is 0 Å². The van der Waals surface area contributed by atoms with E-state index in [2.05, 4.69) is 191 Å². The van der Waals surface area contributed by atoms with E-state index in [1.54, 1.807) is 0 Å². The van der Waals surface area contributed by atoms with E-state index < -0.39 is 10.8 Å². The standard InChI is InChI=1S/C68H70Br2S6/c1-5-9-13-17-21-43-25-33-47(34-26-43)67(48-35-27-44(28-36-48)22-18-14-10-6-2)55-59-51(41-53(69)73-59)71-61(55)63-57(67)65-66(75-63)58-64(76-65)62-56(60-52(72-62)42-54(70)74-60)68(58,49-37-29-45(30-38-49)23-19-15-11-7-3)50-39-31-46(32-40-50)24-20-16-12-8-4/h25-42H,5-24H2,1-4H3. The second kappa shape index (κ2) is 23.1. The third-order valence-corrected chi connectivity index (χ3v) is 25.6. The van der Waals surface area contributed by atoms with Crippen LogP contribution in [0.5, 0.6) is 0 Å². The highest BCUT2D eigenvalue weighted by molar-refractivity contribution is 9.11. The van der Waals surface area contributed by atoms with Gasteiger partial charge in [0.2, 0.25) is 0 Å². The summed E-state index contributed by atoms with van der Waals surface area (Å²) < 4.78 is 11.1. The van der Waals surface area contributed by atoms with Crippen LogP contribution in [0.4, 0.5) is 0 Å². The van der Waals surface area contributed by atoms with Crippen LogP contribution in [0.3, 0.4) is 0 Å². The molecule has 0 N–H and O–H groups in total. The number of thiophene rings is 6. The van der Waals surface area contributed by atoms with Crippen LogP contribution in [-0.2, 0) is 36.5 Å². The highest BCUT2D eigenvalue weighted by Gasteiger charge is 2.56. The Morgan fingerprint density at radius 1 is 0.303 bits per heavy atom. The van der Waals surface area contributed by atoms with Crippen LogP contribution in [0.25, 0.3) is 47.7 Å². The molecule has 392 valence electrons. The molecule has 8 heteroatoms. The predicted octanol–water partition coefficient (Wildman–Crippen LogP) is 24.3. The lowest BCUT2D eigenvalue weighted by Crippen LogP contribution is -2.29. The molecule has 6 heterocycles. The van der Waals surface area contributed by atoms with Gasteiger partial charge in [0.05, 0.1) is 56.7 Å². The average molecular weight is 1240 g/mol. The number of hydrogen-bond donors (Lipinski definition) is 0. The molecule has 0 spiro atoms. The van der Waals surface area contributed by atoms with E-state index in [4.69, 9.17) is 0 Å². The summed E-state index contributed by atoms with van der Waals surface area (Å²) in [6, 6.07) is 45.1. The van der Waals surface area contributed by atoms with Crippen molar-refractivity contribution in [2.75, 3.05) is 0 Å². The summed E-state index contributed by atoms with van der Waals surface area (Å²) in [7, 11) is 0. The molecule has 0 fully saturated rings. The maximum atomic E-state index is 4.01. The first-order chi connectivity index (χ1) is 37.3. The van der Waals surface area contributed by atoms with Gasteiger partial charge in [0, 0.05) is 31.7 Å². The fraction of sp³-hybridized carbons (Fsp3) is 0.382. The monoisotopic (exact) mass is 1240 g/mol. The van der Waals surface area contributed by atoms with E-state index >= 15 is 0 Å². The molecule has 0 unspecified atom stereocenters. The average Bonchev–Trinajstić information content (AvgIpc) is 4.08. The lowest BCUT2D eigenvalue weighted by molar-refractivity contribution is 0.666. The molecule has 0 atom stereocenters. The summed E-state index contributed by atoms with van der Waals surface area (Å²) in [5, 5.41) is 0. The molecule has 2 aliphatic rings. The van der Waals surface area contributed by atoms with Crippen LogP contribution < -0.4 is 0 Å². The Hall–Kier alpha value is -3.18. The highest BCUT2D eigenvalue weighted by atomic mass is 79.9. The first kappa shape index (κ1) is 53.5. The van der Waals surface area contributed by atoms with Crippen molar-refractivity contribution >= 4 is 128 Å². The topological polar surface area (TPSA) is 0 Å². The molecular weight excluding hydrogens is 1170 g/mol. The molecule has 0 bridgehead atoms. The number of unbranched alkanes of at least 4 members (excludes halogenated alkanes) is 12. The zero-order chi connectivity index (χ0) is 52.0. The van der Waals surface area contributed by atoms with E-state index in [-0.39, 0.29) is 0 Å². The predicted molar refractivity (Wildman–Crippen MR) is 348 cm³/mol. The molecule has 4 aromatic carbocycles. The minimum atomic E-state index is -0.490. The van der Waals surface area contributed by atoms with Crippen LogP contribution in [0, 0.1) is 0 Å². The lowest BCUT2D eigenvalue weighted by atomic mass is 9.67. The normalized spacial score (nSPS) is 14.1. The molecule has 0 saturated carbocycles. The van der Waals surface area contributed by atoms with Gasteiger partial charge in [-0.25, -0.2) is 0 Å². The van der Waals surface area contributed by atoms with E-state index in [9.17, 15) is 0 Å². The number of fused-ring (bicyclic) bond motifs is 13. The molecule has 0 radical (unpaired) electrons. The number of benzene rings is 4. The molecule has 2 aliphatic carbocycles. The second-order valence-electron chi connectivity index (χ2n) is 21.9. The summed E-state index contributed by atoms with van der Waals surface area (Å²) in [5.74, 6) is 0. The first-order valence-corrected chi connectivity index (χ1v) is 35.2. The van der Waals surface area contributed by atoms with Gasteiger partial charge < -0.3 is 0 Å². The van der Waals surface area contributed by atoms with Gasteiger partial charge in [0.25, 0.3) is 0 Å². The van der Waals surface area contributed by atoms with Crippen molar-refractivity contribution in [2.24, 2.45) is 0 Å². The summed E-state index contributed by atoms with van der Waals surface area (Å²) in [6.45, 7) is 9.26. The van der Waals surface area contributed by atoms with Gasteiger partial charge in [0.1, 0.15) is 0 Å². The van der Waals surface area contributed by atoms with Crippen LogP contribution in [0.1, 0.15) is 197 Å². The number of hydrogen-bond acceptors (Lipinski definition) is 6. The molecule has 0 aliphatic heterocycles. The van der Waals surface area contributed by atoms with Gasteiger partial charge in [-0.15, -0.1) is 68.0 Å². The van der Waals surface area contributed by atoms with Crippen molar-refractivity contribution in [3.05, 3.63) is 184 Å². The zero-order valence-electron chi connectivity index (χ0n) is 44.7. The van der Waals surface area contributed by atoms with Crippen molar-refractivity contribution in [2.45, 2.75) is 167 Å². The smallest absolute Gasteiger partial charge is 0.0759 e. The Bertz CT molecular complexity index is 3250.